The van der Waals surface area contributed by atoms with Gasteiger partial charge in [0.15, 0.2) is 0 Å². The number of amides is 1. The van der Waals surface area contributed by atoms with Gasteiger partial charge in [0.2, 0.25) is 5.91 Å². The summed E-state index contributed by atoms with van der Waals surface area (Å²) in [7, 11) is 0. The lowest BCUT2D eigenvalue weighted by atomic mass is 9.99. The van der Waals surface area contributed by atoms with Crippen molar-refractivity contribution < 1.29 is 9.90 Å². The van der Waals surface area contributed by atoms with Crippen molar-refractivity contribution >= 4 is 5.91 Å². The topological polar surface area (TPSA) is 61.6 Å². The Morgan fingerprint density at radius 2 is 1.91 bits per heavy atom. The van der Waals surface area contributed by atoms with Crippen LogP contribution in [-0.4, -0.2) is 68.7 Å². The number of rotatable bonds is 4. The summed E-state index contributed by atoms with van der Waals surface area (Å²) in [5, 5.41) is 9.61. The maximum Gasteiger partial charge on any atom is 0.224 e. The van der Waals surface area contributed by atoms with Crippen molar-refractivity contribution in [1.82, 2.24) is 19.4 Å². The van der Waals surface area contributed by atoms with Crippen LogP contribution in [0, 0.1) is 6.92 Å². The molecule has 1 N–H and O–H groups in total. The number of carbonyl (C=O) groups is 1. The molecule has 1 aromatic heterocycles. The van der Waals surface area contributed by atoms with Crippen LogP contribution in [0.4, 0.5) is 0 Å². The first-order valence-electron chi connectivity index (χ1n) is 8.81. The minimum atomic E-state index is -0.112. The molecular weight excluding hydrogens is 292 g/mol. The van der Waals surface area contributed by atoms with Crippen molar-refractivity contribution in [2.24, 2.45) is 0 Å². The Balaban J connectivity index is 1.41. The first-order chi connectivity index (χ1) is 11.1. The first kappa shape index (κ1) is 16.5. The Labute approximate surface area is 138 Å². The van der Waals surface area contributed by atoms with Gasteiger partial charge in [0.25, 0.3) is 0 Å². The highest BCUT2D eigenvalue weighted by Gasteiger charge is 2.28. The Kier molecular flexibility index (Phi) is 5.33. The summed E-state index contributed by atoms with van der Waals surface area (Å²) in [6.45, 7) is 6.41. The second-order valence-electron chi connectivity index (χ2n) is 6.80. The SMILES string of the molecule is Cc1nccn1CCC(=O)N1CCC(N2CCC(O)CC2)CC1. The maximum absolute atomic E-state index is 12.4. The molecule has 0 radical (unpaired) electrons. The molecule has 1 amide bonds. The molecule has 1 aromatic rings. The Hall–Kier alpha value is -1.40. The van der Waals surface area contributed by atoms with Gasteiger partial charge >= 0.3 is 0 Å². The lowest BCUT2D eigenvalue weighted by Gasteiger charge is -2.41. The highest BCUT2D eigenvalue weighted by atomic mass is 16.3. The summed E-state index contributed by atoms with van der Waals surface area (Å²) in [5.74, 6) is 1.22. The minimum Gasteiger partial charge on any atom is -0.393 e. The van der Waals surface area contributed by atoms with Crippen LogP contribution in [0.3, 0.4) is 0 Å². The average molecular weight is 320 g/mol. The van der Waals surface area contributed by atoms with Crippen LogP contribution in [0.1, 0.15) is 37.9 Å². The third-order valence-corrected chi connectivity index (χ3v) is 5.32. The number of imidazole rings is 1. The molecule has 3 heterocycles. The van der Waals surface area contributed by atoms with Gasteiger partial charge in [0.1, 0.15) is 5.82 Å². The summed E-state index contributed by atoms with van der Waals surface area (Å²) >= 11 is 0. The Morgan fingerprint density at radius 1 is 1.22 bits per heavy atom. The molecule has 0 atom stereocenters. The zero-order valence-corrected chi connectivity index (χ0v) is 14.0. The fraction of sp³-hybridized carbons (Fsp3) is 0.765. The van der Waals surface area contributed by atoms with E-state index in [9.17, 15) is 9.90 Å². The van der Waals surface area contributed by atoms with Gasteiger partial charge in [-0.2, -0.15) is 0 Å². The highest BCUT2D eigenvalue weighted by Crippen LogP contribution is 2.21. The third kappa shape index (κ3) is 4.12. The number of aliphatic hydroxyl groups is 1. The van der Waals surface area contributed by atoms with Crippen LogP contribution in [0.2, 0.25) is 0 Å². The molecule has 2 aliphatic rings. The monoisotopic (exact) mass is 320 g/mol. The summed E-state index contributed by atoms with van der Waals surface area (Å²) in [5.41, 5.74) is 0. The zero-order chi connectivity index (χ0) is 16.2. The quantitative estimate of drug-likeness (QED) is 0.900. The zero-order valence-electron chi connectivity index (χ0n) is 14.0. The Bertz CT molecular complexity index is 514. The molecular formula is C17H28N4O2. The number of carbonyl (C=O) groups excluding carboxylic acids is 1. The van der Waals surface area contributed by atoms with Gasteiger partial charge in [-0.3, -0.25) is 4.79 Å². The molecule has 2 saturated heterocycles. The molecule has 0 saturated carbocycles. The summed E-state index contributed by atoms with van der Waals surface area (Å²) in [4.78, 5) is 21.1. The summed E-state index contributed by atoms with van der Waals surface area (Å²) < 4.78 is 2.03. The van der Waals surface area contributed by atoms with E-state index < -0.39 is 0 Å². The standard InChI is InChI=1S/C17H28N4O2/c1-14-18-7-13-19(14)12-6-17(23)21-8-2-15(3-9-21)20-10-4-16(22)5-11-20/h7,13,15-16,22H,2-6,8-12H2,1H3. The van der Waals surface area contributed by atoms with E-state index in [0.717, 1.165) is 57.7 Å². The molecule has 6 nitrogen and oxygen atoms in total. The second kappa shape index (κ2) is 7.45. The smallest absolute Gasteiger partial charge is 0.224 e. The predicted octanol–water partition coefficient (Wildman–Crippen LogP) is 1.03. The number of hydrogen-bond donors (Lipinski definition) is 1. The molecule has 0 unspecified atom stereocenters. The van der Waals surface area contributed by atoms with E-state index in [-0.39, 0.29) is 12.0 Å². The average Bonchev–Trinajstić information content (AvgIpc) is 2.99. The van der Waals surface area contributed by atoms with E-state index >= 15 is 0 Å². The molecule has 6 heteroatoms. The number of aromatic nitrogens is 2. The molecule has 0 aromatic carbocycles. The number of aryl methyl sites for hydroxylation is 2. The van der Waals surface area contributed by atoms with Crippen LogP contribution >= 0.6 is 0 Å². The molecule has 0 aliphatic carbocycles. The summed E-state index contributed by atoms with van der Waals surface area (Å²) in [6.07, 6.45) is 8.06. The fourth-order valence-corrected chi connectivity index (χ4v) is 3.75. The van der Waals surface area contributed by atoms with E-state index in [1.165, 1.54) is 0 Å². The number of nitrogens with zero attached hydrogens (tertiary/aromatic N) is 4. The van der Waals surface area contributed by atoms with E-state index in [4.69, 9.17) is 0 Å². The molecule has 2 aliphatic heterocycles. The van der Waals surface area contributed by atoms with E-state index in [2.05, 4.69) is 9.88 Å². The number of likely N-dealkylation sites (tertiary alicyclic amines) is 2. The molecule has 128 valence electrons. The van der Waals surface area contributed by atoms with Crippen molar-refractivity contribution in [1.29, 1.82) is 0 Å². The van der Waals surface area contributed by atoms with E-state index in [1.807, 2.05) is 22.6 Å². The van der Waals surface area contributed by atoms with Gasteiger partial charge in [0.05, 0.1) is 6.10 Å². The number of hydrogen-bond acceptors (Lipinski definition) is 4. The fourth-order valence-electron chi connectivity index (χ4n) is 3.75. The van der Waals surface area contributed by atoms with Crippen molar-refractivity contribution in [2.45, 2.75) is 57.7 Å². The maximum atomic E-state index is 12.4. The van der Waals surface area contributed by atoms with E-state index in [0.29, 0.717) is 19.0 Å². The van der Waals surface area contributed by atoms with Crippen molar-refractivity contribution in [3.8, 4) is 0 Å². The highest BCUT2D eigenvalue weighted by molar-refractivity contribution is 5.76. The van der Waals surface area contributed by atoms with Gasteiger partial charge in [-0.15, -0.1) is 0 Å². The van der Waals surface area contributed by atoms with Crippen molar-refractivity contribution in [3.05, 3.63) is 18.2 Å². The lowest BCUT2D eigenvalue weighted by molar-refractivity contribution is -0.133. The van der Waals surface area contributed by atoms with Gasteiger partial charge in [-0.1, -0.05) is 0 Å². The molecule has 0 bridgehead atoms. The van der Waals surface area contributed by atoms with Gasteiger partial charge in [-0.25, -0.2) is 4.98 Å². The molecule has 23 heavy (non-hydrogen) atoms. The van der Waals surface area contributed by atoms with Crippen LogP contribution in [0.15, 0.2) is 12.4 Å². The van der Waals surface area contributed by atoms with Gasteiger partial charge in [0, 0.05) is 57.6 Å². The van der Waals surface area contributed by atoms with Crippen molar-refractivity contribution in [2.75, 3.05) is 26.2 Å². The first-order valence-corrected chi connectivity index (χ1v) is 8.81. The van der Waals surface area contributed by atoms with Crippen LogP contribution in [0.5, 0.6) is 0 Å². The normalized spacial score (nSPS) is 21.7. The number of piperidine rings is 2. The molecule has 3 rings (SSSR count). The van der Waals surface area contributed by atoms with Gasteiger partial charge < -0.3 is 19.5 Å². The molecule has 2 fully saturated rings. The molecule has 0 spiro atoms. The second-order valence-corrected chi connectivity index (χ2v) is 6.80. The van der Waals surface area contributed by atoms with Crippen molar-refractivity contribution in [3.63, 3.8) is 0 Å². The minimum absolute atomic E-state index is 0.112. The van der Waals surface area contributed by atoms with Crippen LogP contribution in [-0.2, 0) is 11.3 Å². The van der Waals surface area contributed by atoms with Crippen LogP contribution in [0.25, 0.3) is 0 Å². The van der Waals surface area contributed by atoms with E-state index in [1.54, 1.807) is 6.20 Å². The largest absolute Gasteiger partial charge is 0.393 e. The van der Waals surface area contributed by atoms with Gasteiger partial charge in [-0.05, 0) is 32.6 Å². The number of aliphatic hydroxyl groups excluding tert-OH is 1. The summed E-state index contributed by atoms with van der Waals surface area (Å²) in [6, 6.07) is 0.586. The predicted molar refractivity (Wildman–Crippen MR) is 88.0 cm³/mol. The Morgan fingerprint density at radius 3 is 2.52 bits per heavy atom. The lowest BCUT2D eigenvalue weighted by Crippen LogP contribution is -2.49. The van der Waals surface area contributed by atoms with Crippen LogP contribution < -0.4 is 0 Å². The third-order valence-electron chi connectivity index (χ3n) is 5.32.